The number of hydrogen-bond acceptors (Lipinski definition) is 7. The van der Waals surface area contributed by atoms with Crippen molar-refractivity contribution in [3.05, 3.63) is 72.9 Å². The Morgan fingerprint density at radius 1 is 0.538 bits per heavy atom. The van der Waals surface area contributed by atoms with E-state index in [1.54, 1.807) is 6.92 Å². The van der Waals surface area contributed by atoms with E-state index in [1.807, 2.05) is 12.2 Å². The summed E-state index contributed by atoms with van der Waals surface area (Å²) in [7, 11) is -4.30. The van der Waals surface area contributed by atoms with Gasteiger partial charge >= 0.3 is 19.8 Å². The Labute approximate surface area is 317 Å². The third-order valence-electron chi connectivity index (χ3n) is 8.01. The average Bonchev–Trinajstić information content (AvgIpc) is 3.12. The fourth-order valence-corrected chi connectivity index (χ4v) is 5.84. The van der Waals surface area contributed by atoms with Gasteiger partial charge in [0.25, 0.3) is 0 Å². The van der Waals surface area contributed by atoms with Crippen LogP contribution < -0.4 is 0 Å². The maximum atomic E-state index is 12.5. The van der Waals surface area contributed by atoms with Crippen molar-refractivity contribution in [2.45, 2.75) is 168 Å². The lowest BCUT2D eigenvalue weighted by atomic mass is 10.1. The molecule has 8 nitrogen and oxygen atoms in total. The SMILES string of the molecule is CC/C=C\C/C=C\C/C=C\C/C=C\CCC(=O)OC(COC(=O)CCCCCCCCCCC/C=C\C/C=C\CCCCC)COP(=O)(O)OCC. The second-order valence-corrected chi connectivity index (χ2v) is 14.4. The molecule has 0 amide bonds. The van der Waals surface area contributed by atoms with E-state index in [2.05, 4.69) is 74.6 Å². The highest BCUT2D eigenvalue weighted by atomic mass is 31.2. The van der Waals surface area contributed by atoms with Crippen molar-refractivity contribution < 1.29 is 37.6 Å². The van der Waals surface area contributed by atoms with Crippen LogP contribution in [0.2, 0.25) is 0 Å². The Kier molecular flexibility index (Phi) is 36.4. The molecule has 0 aliphatic heterocycles. The number of ether oxygens (including phenoxy) is 2. The van der Waals surface area contributed by atoms with Crippen LogP contribution >= 0.6 is 7.82 Å². The molecule has 2 atom stereocenters. The Balaban J connectivity index is 4.18. The number of phosphoric acid groups is 1. The van der Waals surface area contributed by atoms with Crippen molar-refractivity contribution in [1.29, 1.82) is 0 Å². The maximum absolute atomic E-state index is 12.5. The van der Waals surface area contributed by atoms with E-state index >= 15 is 0 Å². The largest absolute Gasteiger partial charge is 0.472 e. The highest BCUT2D eigenvalue weighted by Crippen LogP contribution is 2.43. The van der Waals surface area contributed by atoms with Crippen molar-refractivity contribution in [1.82, 2.24) is 0 Å². The van der Waals surface area contributed by atoms with E-state index < -0.39 is 32.5 Å². The summed E-state index contributed by atoms with van der Waals surface area (Å²) >= 11 is 0. The zero-order valence-electron chi connectivity index (χ0n) is 32.9. The summed E-state index contributed by atoms with van der Waals surface area (Å²) < 4.78 is 32.5. The molecule has 0 aliphatic carbocycles. The van der Waals surface area contributed by atoms with Gasteiger partial charge in [-0.15, -0.1) is 0 Å². The quantitative estimate of drug-likeness (QED) is 0.0292. The molecule has 0 radical (unpaired) electrons. The Morgan fingerprint density at radius 3 is 1.56 bits per heavy atom. The number of rotatable bonds is 36. The van der Waals surface area contributed by atoms with E-state index in [0.717, 1.165) is 64.2 Å². The van der Waals surface area contributed by atoms with Gasteiger partial charge in [-0.25, -0.2) is 4.57 Å². The minimum atomic E-state index is -4.30. The average molecular weight is 749 g/mol. The van der Waals surface area contributed by atoms with Crippen LogP contribution in [0.3, 0.4) is 0 Å². The molecule has 298 valence electrons. The van der Waals surface area contributed by atoms with Crippen molar-refractivity contribution in [2.75, 3.05) is 19.8 Å². The van der Waals surface area contributed by atoms with Gasteiger partial charge in [-0.3, -0.25) is 18.6 Å². The third kappa shape index (κ3) is 37.3. The zero-order valence-corrected chi connectivity index (χ0v) is 33.8. The van der Waals surface area contributed by atoms with Crippen LogP contribution in [0, 0.1) is 0 Å². The molecule has 0 aromatic heterocycles. The molecule has 0 aromatic rings. The summed E-state index contributed by atoms with van der Waals surface area (Å²) in [4.78, 5) is 34.6. The summed E-state index contributed by atoms with van der Waals surface area (Å²) in [6.07, 6.45) is 46.9. The van der Waals surface area contributed by atoms with Gasteiger partial charge < -0.3 is 14.4 Å². The van der Waals surface area contributed by atoms with Gasteiger partial charge in [0.15, 0.2) is 6.10 Å². The molecule has 0 aliphatic rings. The molecule has 52 heavy (non-hydrogen) atoms. The van der Waals surface area contributed by atoms with Crippen molar-refractivity contribution >= 4 is 19.8 Å². The topological polar surface area (TPSA) is 108 Å². The maximum Gasteiger partial charge on any atom is 0.472 e. The van der Waals surface area contributed by atoms with Crippen LogP contribution in [0.4, 0.5) is 0 Å². The molecule has 0 rings (SSSR count). The smallest absolute Gasteiger partial charge is 0.462 e. The molecule has 0 spiro atoms. The van der Waals surface area contributed by atoms with E-state index in [9.17, 15) is 19.0 Å². The summed E-state index contributed by atoms with van der Waals surface area (Å²) in [5.41, 5.74) is 0. The number of hydrogen-bond donors (Lipinski definition) is 1. The van der Waals surface area contributed by atoms with Crippen molar-refractivity contribution in [3.8, 4) is 0 Å². The van der Waals surface area contributed by atoms with Crippen molar-refractivity contribution in [3.63, 3.8) is 0 Å². The van der Waals surface area contributed by atoms with Gasteiger partial charge in [-0.05, 0) is 77.6 Å². The van der Waals surface area contributed by atoms with Crippen molar-refractivity contribution in [2.24, 2.45) is 0 Å². The number of carbonyl (C=O) groups is 2. The molecule has 0 bridgehead atoms. The number of phosphoric ester groups is 1. The first kappa shape index (κ1) is 49.5. The van der Waals surface area contributed by atoms with Gasteiger partial charge in [0, 0.05) is 12.8 Å². The van der Waals surface area contributed by atoms with Gasteiger partial charge in [0.2, 0.25) is 0 Å². The molecule has 2 unspecified atom stereocenters. The van der Waals surface area contributed by atoms with E-state index in [4.69, 9.17) is 18.5 Å². The van der Waals surface area contributed by atoms with Crippen LogP contribution in [-0.4, -0.2) is 42.8 Å². The minimum absolute atomic E-state index is 0.0162. The highest BCUT2D eigenvalue weighted by molar-refractivity contribution is 7.47. The van der Waals surface area contributed by atoms with Gasteiger partial charge in [-0.2, -0.15) is 0 Å². The van der Waals surface area contributed by atoms with Crippen LogP contribution in [-0.2, 0) is 32.7 Å². The minimum Gasteiger partial charge on any atom is -0.462 e. The van der Waals surface area contributed by atoms with Crippen LogP contribution in [0.15, 0.2) is 72.9 Å². The monoisotopic (exact) mass is 749 g/mol. The van der Waals surface area contributed by atoms with Gasteiger partial charge in [0.1, 0.15) is 6.61 Å². The van der Waals surface area contributed by atoms with Gasteiger partial charge in [-0.1, -0.05) is 145 Å². The Bertz CT molecular complexity index is 1080. The molecule has 0 saturated carbocycles. The number of allylic oxidation sites excluding steroid dienone is 12. The normalized spacial score (nSPS) is 14.2. The van der Waals surface area contributed by atoms with Crippen LogP contribution in [0.25, 0.3) is 0 Å². The zero-order chi connectivity index (χ0) is 38.2. The summed E-state index contributed by atoms with van der Waals surface area (Å²) in [6, 6.07) is 0. The second kappa shape index (κ2) is 38.2. The van der Waals surface area contributed by atoms with E-state index in [-0.39, 0.29) is 26.1 Å². The van der Waals surface area contributed by atoms with E-state index in [1.165, 1.54) is 57.8 Å². The standard InChI is InChI=1S/C43H73O8P/c1-4-7-9-11-13-15-17-19-20-21-22-23-24-26-27-29-31-33-35-37-42(44)48-39-41(40-50-52(46,47)49-6-3)51-43(45)38-36-34-32-30-28-25-18-16-14-12-10-8-5-2/h8,10,13-16,19-20,25,28,32,34,41H,4-7,9,11-12,17-18,21-24,26-27,29-31,33,35-40H2,1-3H3,(H,46,47)/b10-8-,15-13-,16-14-,20-19-,28-25-,34-32-. The van der Waals surface area contributed by atoms with Crippen LogP contribution in [0.5, 0.6) is 0 Å². The fourth-order valence-electron chi connectivity index (χ4n) is 5.08. The first-order valence-corrected chi connectivity index (χ1v) is 21.7. The molecule has 0 aromatic carbocycles. The Morgan fingerprint density at radius 2 is 1.02 bits per heavy atom. The number of carbonyl (C=O) groups excluding carboxylic acids is 2. The number of unbranched alkanes of at least 4 members (excludes halogenated alkanes) is 12. The lowest BCUT2D eigenvalue weighted by molar-refractivity contribution is -0.161. The highest BCUT2D eigenvalue weighted by Gasteiger charge is 2.25. The fraction of sp³-hybridized carbons (Fsp3) is 0.674. The summed E-state index contributed by atoms with van der Waals surface area (Å²) in [6.45, 7) is 5.22. The second-order valence-electron chi connectivity index (χ2n) is 12.9. The molecule has 1 N–H and O–H groups in total. The molecular formula is C43H73O8P. The first-order valence-electron chi connectivity index (χ1n) is 20.2. The predicted octanol–water partition coefficient (Wildman–Crippen LogP) is 12.6. The lowest BCUT2D eigenvalue weighted by Gasteiger charge is -2.19. The molecule has 0 fully saturated rings. The lowest BCUT2D eigenvalue weighted by Crippen LogP contribution is -2.29. The van der Waals surface area contributed by atoms with Crippen LogP contribution in [0.1, 0.15) is 162 Å². The predicted molar refractivity (Wildman–Crippen MR) is 216 cm³/mol. The third-order valence-corrected chi connectivity index (χ3v) is 9.07. The van der Waals surface area contributed by atoms with E-state index in [0.29, 0.717) is 6.42 Å². The number of esters is 2. The molecule has 0 heterocycles. The first-order chi connectivity index (χ1) is 25.3. The molecule has 9 heteroatoms. The van der Waals surface area contributed by atoms with Gasteiger partial charge in [0.05, 0.1) is 13.2 Å². The molecule has 0 saturated heterocycles. The molecular weight excluding hydrogens is 675 g/mol. The summed E-state index contributed by atoms with van der Waals surface area (Å²) in [5.74, 6) is -0.903. The summed E-state index contributed by atoms with van der Waals surface area (Å²) in [5, 5.41) is 0. The Hall–Kier alpha value is -2.51.